The van der Waals surface area contributed by atoms with E-state index in [9.17, 15) is 19.6 Å². The maximum Gasteiger partial charge on any atom is 0.259 e. The van der Waals surface area contributed by atoms with Crippen LogP contribution in [0.3, 0.4) is 0 Å². The molecule has 1 N–H and O–H groups in total. The van der Waals surface area contributed by atoms with Crippen molar-refractivity contribution in [1.82, 2.24) is 0 Å². The number of nitrogens with one attached hydrogen (secondary N) is 1. The van der Waals surface area contributed by atoms with Gasteiger partial charge in [-0.2, -0.15) is 5.26 Å². The van der Waals surface area contributed by atoms with Gasteiger partial charge in [-0.25, -0.2) is 0 Å². The maximum absolute atomic E-state index is 13.6. The standard InChI is InChI=1S/C31H22ClN3O3/c32-22-12-15-28-27(18-22)29(36)11-6-16-35(28)31(38)25-14-13-23(17-21(25)19-33)34-30(37)26-10-5-4-9-24(26)20-7-2-1-3-8-20/h1-5,7-10,12-15,17-18H,6,11,16H2,(H,34,37). The highest BCUT2D eigenvalue weighted by Gasteiger charge is 2.28. The van der Waals surface area contributed by atoms with Crippen LogP contribution in [0.5, 0.6) is 0 Å². The van der Waals surface area contributed by atoms with Crippen LogP contribution in [0.15, 0.2) is 91.0 Å². The van der Waals surface area contributed by atoms with E-state index >= 15 is 0 Å². The van der Waals surface area contributed by atoms with Gasteiger partial charge in [-0.1, -0.05) is 60.1 Å². The van der Waals surface area contributed by atoms with Crippen molar-refractivity contribution >= 4 is 40.6 Å². The first-order valence-corrected chi connectivity index (χ1v) is 12.5. The van der Waals surface area contributed by atoms with Gasteiger partial charge < -0.3 is 10.2 Å². The summed E-state index contributed by atoms with van der Waals surface area (Å²) in [4.78, 5) is 40.9. The molecule has 0 saturated heterocycles. The van der Waals surface area contributed by atoms with E-state index in [0.717, 1.165) is 11.1 Å². The lowest BCUT2D eigenvalue weighted by Crippen LogP contribution is -2.32. The van der Waals surface area contributed by atoms with Crippen LogP contribution in [-0.2, 0) is 0 Å². The average Bonchev–Trinajstić information content (AvgIpc) is 3.11. The van der Waals surface area contributed by atoms with Crippen molar-refractivity contribution in [2.75, 3.05) is 16.8 Å². The average molecular weight is 520 g/mol. The molecule has 186 valence electrons. The first kappa shape index (κ1) is 24.9. The van der Waals surface area contributed by atoms with Crippen molar-refractivity contribution in [3.63, 3.8) is 0 Å². The van der Waals surface area contributed by atoms with Crippen LogP contribution in [0.25, 0.3) is 11.1 Å². The predicted octanol–water partition coefficient (Wildman–Crippen LogP) is 6.75. The Morgan fingerprint density at radius 2 is 1.63 bits per heavy atom. The minimum absolute atomic E-state index is 0.0767. The highest BCUT2D eigenvalue weighted by atomic mass is 35.5. The Kier molecular flexibility index (Phi) is 7.03. The molecular formula is C31H22ClN3O3. The SMILES string of the molecule is N#Cc1cc(NC(=O)c2ccccc2-c2ccccc2)ccc1C(=O)N1CCCC(=O)c2cc(Cl)ccc21. The first-order valence-electron chi connectivity index (χ1n) is 12.1. The molecule has 38 heavy (non-hydrogen) atoms. The lowest BCUT2D eigenvalue weighted by Gasteiger charge is -2.23. The van der Waals surface area contributed by atoms with Crippen LogP contribution in [-0.4, -0.2) is 24.1 Å². The first-order chi connectivity index (χ1) is 18.5. The fourth-order valence-electron chi connectivity index (χ4n) is 4.63. The second-order valence-electron chi connectivity index (χ2n) is 8.88. The summed E-state index contributed by atoms with van der Waals surface area (Å²) in [6.07, 6.45) is 0.797. The molecule has 0 fully saturated rings. The Balaban J connectivity index is 1.43. The quantitative estimate of drug-likeness (QED) is 0.322. The molecule has 1 heterocycles. The Labute approximate surface area is 225 Å². The molecule has 0 aromatic heterocycles. The largest absolute Gasteiger partial charge is 0.322 e. The van der Waals surface area contributed by atoms with Crippen LogP contribution in [0.1, 0.15) is 49.5 Å². The molecular weight excluding hydrogens is 498 g/mol. The van der Waals surface area contributed by atoms with Crippen molar-refractivity contribution in [1.29, 1.82) is 5.26 Å². The summed E-state index contributed by atoms with van der Waals surface area (Å²) >= 11 is 6.10. The van der Waals surface area contributed by atoms with E-state index in [4.69, 9.17) is 11.6 Å². The van der Waals surface area contributed by atoms with Gasteiger partial charge in [0.25, 0.3) is 11.8 Å². The number of amides is 2. The minimum atomic E-state index is -0.396. The maximum atomic E-state index is 13.6. The van der Waals surface area contributed by atoms with Gasteiger partial charge in [0, 0.05) is 34.8 Å². The monoisotopic (exact) mass is 519 g/mol. The molecule has 5 rings (SSSR count). The highest BCUT2D eigenvalue weighted by molar-refractivity contribution is 6.31. The molecule has 1 aliphatic heterocycles. The molecule has 0 spiro atoms. The van der Waals surface area contributed by atoms with E-state index in [1.807, 2.05) is 42.5 Å². The zero-order chi connectivity index (χ0) is 26.6. The smallest absolute Gasteiger partial charge is 0.259 e. The second-order valence-corrected chi connectivity index (χ2v) is 9.32. The molecule has 2 amide bonds. The van der Waals surface area contributed by atoms with Crippen molar-refractivity contribution in [2.24, 2.45) is 0 Å². The number of nitriles is 1. The summed E-state index contributed by atoms with van der Waals surface area (Å²) in [6.45, 7) is 0.332. The summed E-state index contributed by atoms with van der Waals surface area (Å²) in [7, 11) is 0. The lowest BCUT2D eigenvalue weighted by atomic mass is 9.99. The third-order valence-electron chi connectivity index (χ3n) is 6.47. The fourth-order valence-corrected chi connectivity index (χ4v) is 4.80. The van der Waals surface area contributed by atoms with Crippen molar-refractivity contribution in [3.8, 4) is 17.2 Å². The number of anilines is 2. The topological polar surface area (TPSA) is 90.3 Å². The lowest BCUT2D eigenvalue weighted by molar-refractivity contribution is 0.0973. The normalized spacial score (nSPS) is 12.7. The Hall–Kier alpha value is -4.73. The van der Waals surface area contributed by atoms with Gasteiger partial charge in [-0.05, 0) is 60.0 Å². The minimum Gasteiger partial charge on any atom is -0.322 e. The third kappa shape index (κ3) is 4.93. The number of carbonyl (C=O) groups excluding carboxylic acids is 3. The van der Waals surface area contributed by atoms with Gasteiger partial charge in [-0.15, -0.1) is 0 Å². The van der Waals surface area contributed by atoms with Gasteiger partial charge in [0.1, 0.15) is 6.07 Å². The van der Waals surface area contributed by atoms with E-state index in [-0.39, 0.29) is 22.8 Å². The number of halogens is 1. The molecule has 0 aliphatic carbocycles. The molecule has 0 saturated carbocycles. The third-order valence-corrected chi connectivity index (χ3v) is 6.70. The number of nitrogens with zero attached hydrogens (tertiary/aromatic N) is 2. The molecule has 0 unspecified atom stereocenters. The number of benzene rings is 4. The molecule has 6 nitrogen and oxygen atoms in total. The zero-order valence-electron chi connectivity index (χ0n) is 20.3. The number of carbonyl (C=O) groups is 3. The highest BCUT2D eigenvalue weighted by Crippen LogP contribution is 2.31. The summed E-state index contributed by atoms with van der Waals surface area (Å²) in [5.74, 6) is -0.802. The summed E-state index contributed by atoms with van der Waals surface area (Å²) < 4.78 is 0. The number of Topliss-reactive ketones (excluding diaryl/α,β-unsaturated/α-hetero) is 1. The number of fused-ring (bicyclic) bond motifs is 1. The summed E-state index contributed by atoms with van der Waals surface area (Å²) in [6, 6.07) is 28.4. The Bertz CT molecular complexity index is 1610. The van der Waals surface area contributed by atoms with Crippen LogP contribution in [0, 0.1) is 11.3 Å². The zero-order valence-corrected chi connectivity index (χ0v) is 21.0. The molecule has 0 radical (unpaired) electrons. The van der Waals surface area contributed by atoms with Gasteiger partial charge in [0.05, 0.1) is 16.8 Å². The summed E-state index contributed by atoms with van der Waals surface area (Å²) in [5.41, 5.74) is 3.75. The van der Waals surface area contributed by atoms with Gasteiger partial charge >= 0.3 is 0 Å². The number of rotatable bonds is 4. The second kappa shape index (κ2) is 10.7. The van der Waals surface area contributed by atoms with Gasteiger partial charge in [0.2, 0.25) is 0 Å². The number of hydrogen-bond acceptors (Lipinski definition) is 4. The fraction of sp³-hybridized carbons (Fsp3) is 0.0968. The van der Waals surface area contributed by atoms with Crippen LogP contribution >= 0.6 is 11.6 Å². The summed E-state index contributed by atoms with van der Waals surface area (Å²) in [5, 5.41) is 13.1. The van der Waals surface area contributed by atoms with Crippen LogP contribution in [0.2, 0.25) is 5.02 Å². The Morgan fingerprint density at radius 3 is 2.42 bits per heavy atom. The van der Waals surface area contributed by atoms with Crippen LogP contribution in [0.4, 0.5) is 11.4 Å². The van der Waals surface area contributed by atoms with E-state index in [2.05, 4.69) is 11.4 Å². The number of hydrogen-bond donors (Lipinski definition) is 1. The van der Waals surface area contributed by atoms with E-state index in [0.29, 0.717) is 46.9 Å². The molecule has 0 bridgehead atoms. The van der Waals surface area contributed by atoms with Crippen molar-refractivity contribution < 1.29 is 14.4 Å². The van der Waals surface area contributed by atoms with Crippen LogP contribution < -0.4 is 10.2 Å². The molecule has 1 aliphatic rings. The molecule has 4 aromatic carbocycles. The van der Waals surface area contributed by atoms with Crippen molar-refractivity contribution in [2.45, 2.75) is 12.8 Å². The van der Waals surface area contributed by atoms with Crippen molar-refractivity contribution in [3.05, 3.63) is 118 Å². The predicted molar refractivity (Wildman–Crippen MR) is 148 cm³/mol. The van der Waals surface area contributed by atoms with Gasteiger partial charge in [0.15, 0.2) is 5.78 Å². The van der Waals surface area contributed by atoms with E-state index in [1.165, 1.54) is 17.0 Å². The number of ketones is 1. The molecule has 4 aromatic rings. The molecule has 0 atom stereocenters. The van der Waals surface area contributed by atoms with Gasteiger partial charge in [-0.3, -0.25) is 14.4 Å². The van der Waals surface area contributed by atoms with E-state index in [1.54, 1.807) is 36.4 Å². The van der Waals surface area contributed by atoms with E-state index < -0.39 is 5.91 Å². The molecule has 7 heteroatoms. The Morgan fingerprint density at radius 1 is 0.868 bits per heavy atom.